The molecule has 28 heavy (non-hydrogen) atoms. The monoisotopic (exact) mass is 398 g/mol. The van der Waals surface area contributed by atoms with Gasteiger partial charge in [0.2, 0.25) is 0 Å². The van der Waals surface area contributed by atoms with Crippen molar-refractivity contribution in [1.82, 2.24) is 10.1 Å². The third-order valence-corrected chi connectivity index (χ3v) is 4.77. The highest BCUT2D eigenvalue weighted by molar-refractivity contribution is 6.30. The minimum atomic E-state index is -0.106. The van der Waals surface area contributed by atoms with E-state index in [4.69, 9.17) is 20.9 Å². The van der Waals surface area contributed by atoms with Crippen LogP contribution in [-0.2, 0) is 11.3 Å². The molecule has 1 heterocycles. The molecule has 0 radical (unpaired) electrons. The largest absolute Gasteiger partial charge is 0.383 e. The van der Waals surface area contributed by atoms with Crippen molar-refractivity contribution >= 4 is 17.5 Å². The molecule has 0 aliphatic heterocycles. The molecule has 3 rings (SSSR count). The number of nitrogens with zero attached hydrogens (tertiary/aromatic N) is 2. The number of benzene rings is 2. The van der Waals surface area contributed by atoms with Gasteiger partial charge in [-0.2, -0.15) is 0 Å². The first-order chi connectivity index (χ1) is 13.5. The highest BCUT2D eigenvalue weighted by atomic mass is 35.5. The van der Waals surface area contributed by atoms with Crippen LogP contribution in [0.5, 0.6) is 0 Å². The molecule has 0 atom stereocenters. The third kappa shape index (κ3) is 4.80. The second kappa shape index (κ2) is 9.04. The summed E-state index contributed by atoms with van der Waals surface area (Å²) >= 11 is 5.93. The Morgan fingerprint density at radius 1 is 1.14 bits per heavy atom. The number of hydrogen-bond acceptors (Lipinski definition) is 4. The molecule has 3 aromatic rings. The zero-order valence-electron chi connectivity index (χ0n) is 16.2. The van der Waals surface area contributed by atoms with E-state index in [1.807, 2.05) is 19.9 Å². The van der Waals surface area contributed by atoms with Crippen LogP contribution in [0.2, 0.25) is 5.02 Å². The van der Waals surface area contributed by atoms with Gasteiger partial charge in [0.05, 0.1) is 13.2 Å². The molecule has 0 aliphatic carbocycles. The summed E-state index contributed by atoms with van der Waals surface area (Å²) in [5.41, 5.74) is 4.53. The van der Waals surface area contributed by atoms with Crippen molar-refractivity contribution in [3.63, 3.8) is 0 Å². The number of rotatable bonds is 7. The first-order valence-electron chi connectivity index (χ1n) is 9.05. The van der Waals surface area contributed by atoms with Crippen molar-refractivity contribution in [3.05, 3.63) is 75.9 Å². The van der Waals surface area contributed by atoms with Crippen LogP contribution in [0.25, 0.3) is 11.3 Å². The Balaban J connectivity index is 1.81. The van der Waals surface area contributed by atoms with Gasteiger partial charge >= 0.3 is 0 Å². The van der Waals surface area contributed by atoms with Crippen LogP contribution in [0.3, 0.4) is 0 Å². The maximum absolute atomic E-state index is 12.9. The van der Waals surface area contributed by atoms with Crippen LogP contribution in [0, 0.1) is 13.8 Å². The first-order valence-corrected chi connectivity index (χ1v) is 9.42. The predicted molar refractivity (Wildman–Crippen MR) is 109 cm³/mol. The number of ether oxygens (including phenoxy) is 1. The zero-order chi connectivity index (χ0) is 20.1. The number of amides is 1. The molecule has 0 aliphatic rings. The minimum absolute atomic E-state index is 0.106. The number of carbonyl (C=O) groups excluding carboxylic acids is 1. The van der Waals surface area contributed by atoms with Crippen molar-refractivity contribution < 1.29 is 14.1 Å². The van der Waals surface area contributed by atoms with Crippen LogP contribution >= 0.6 is 11.6 Å². The molecule has 0 bridgehead atoms. The maximum atomic E-state index is 12.9. The lowest BCUT2D eigenvalue weighted by atomic mass is 10.0. The quantitative estimate of drug-likeness (QED) is 0.568. The minimum Gasteiger partial charge on any atom is -0.383 e. The Bertz CT molecular complexity index is 951. The van der Waals surface area contributed by atoms with Crippen molar-refractivity contribution in [2.24, 2.45) is 0 Å². The van der Waals surface area contributed by atoms with E-state index in [1.165, 1.54) is 0 Å². The molecule has 0 unspecified atom stereocenters. The average Bonchev–Trinajstić information content (AvgIpc) is 3.15. The highest BCUT2D eigenvalue weighted by Crippen LogP contribution is 2.26. The molecule has 0 saturated heterocycles. The van der Waals surface area contributed by atoms with Crippen LogP contribution in [-0.4, -0.2) is 36.2 Å². The normalized spacial score (nSPS) is 10.9. The topological polar surface area (TPSA) is 55.6 Å². The zero-order valence-corrected chi connectivity index (χ0v) is 17.0. The van der Waals surface area contributed by atoms with Crippen LogP contribution < -0.4 is 0 Å². The summed E-state index contributed by atoms with van der Waals surface area (Å²) in [5.74, 6) is 0.590. The number of aryl methyl sites for hydroxylation is 2. The van der Waals surface area contributed by atoms with Gasteiger partial charge in [-0.25, -0.2) is 0 Å². The summed E-state index contributed by atoms with van der Waals surface area (Å²) in [6.45, 7) is 5.28. The molecule has 6 heteroatoms. The lowest BCUT2D eigenvalue weighted by molar-refractivity contribution is 0.0676. The van der Waals surface area contributed by atoms with Gasteiger partial charge < -0.3 is 14.2 Å². The van der Waals surface area contributed by atoms with Gasteiger partial charge in [-0.15, -0.1) is 0 Å². The molecule has 0 saturated carbocycles. The lowest BCUT2D eigenvalue weighted by Gasteiger charge is -2.21. The van der Waals surface area contributed by atoms with Crippen molar-refractivity contribution in [2.75, 3.05) is 20.3 Å². The predicted octanol–water partition coefficient (Wildman–Crippen LogP) is 4.90. The molecule has 2 aromatic carbocycles. The summed E-state index contributed by atoms with van der Waals surface area (Å²) < 4.78 is 10.7. The number of hydrogen-bond donors (Lipinski definition) is 0. The van der Waals surface area contributed by atoms with E-state index in [-0.39, 0.29) is 5.91 Å². The Hall–Kier alpha value is -2.63. The number of carbonyl (C=O) groups is 1. The summed E-state index contributed by atoms with van der Waals surface area (Å²) in [5, 5.41) is 4.76. The van der Waals surface area contributed by atoms with E-state index in [0.717, 1.165) is 16.7 Å². The number of halogens is 1. The van der Waals surface area contributed by atoms with Crippen LogP contribution in [0.4, 0.5) is 0 Å². The van der Waals surface area contributed by atoms with E-state index < -0.39 is 0 Å². The molecule has 0 spiro atoms. The van der Waals surface area contributed by atoms with E-state index in [2.05, 4.69) is 23.4 Å². The lowest BCUT2D eigenvalue weighted by Crippen LogP contribution is -2.33. The fraction of sp³-hybridized carbons (Fsp3) is 0.273. The van der Waals surface area contributed by atoms with Gasteiger partial charge in [-0.1, -0.05) is 34.5 Å². The summed E-state index contributed by atoms with van der Waals surface area (Å²) in [4.78, 5) is 14.6. The Morgan fingerprint density at radius 2 is 1.89 bits per heavy atom. The van der Waals surface area contributed by atoms with E-state index in [1.54, 1.807) is 36.3 Å². The molecular weight excluding hydrogens is 376 g/mol. The summed E-state index contributed by atoms with van der Waals surface area (Å²) in [6.07, 6.45) is 0. The second-order valence-corrected chi connectivity index (χ2v) is 7.16. The molecule has 5 nitrogen and oxygen atoms in total. The standard InChI is InChI=1S/C22H23ClN2O3/c1-15-4-5-16(2)20(12-15)21-13-19(24-28-21)14-25(10-11-27-3)22(26)17-6-8-18(23)9-7-17/h4-9,12-13H,10-11,14H2,1-3H3. The number of methoxy groups -OCH3 is 1. The Morgan fingerprint density at radius 3 is 2.61 bits per heavy atom. The van der Waals surface area contributed by atoms with Gasteiger partial charge in [0.25, 0.3) is 5.91 Å². The van der Waals surface area contributed by atoms with Crippen LogP contribution in [0.15, 0.2) is 53.1 Å². The summed E-state index contributed by atoms with van der Waals surface area (Å²) in [7, 11) is 1.61. The van der Waals surface area contributed by atoms with Crippen molar-refractivity contribution in [3.8, 4) is 11.3 Å². The SMILES string of the molecule is COCCN(Cc1cc(-c2cc(C)ccc2C)on1)C(=O)c1ccc(Cl)cc1. The number of aromatic nitrogens is 1. The maximum Gasteiger partial charge on any atom is 0.254 e. The van der Waals surface area contributed by atoms with E-state index in [0.29, 0.717) is 41.7 Å². The van der Waals surface area contributed by atoms with Crippen molar-refractivity contribution in [1.29, 1.82) is 0 Å². The van der Waals surface area contributed by atoms with E-state index >= 15 is 0 Å². The fourth-order valence-corrected chi connectivity index (χ4v) is 3.07. The Kier molecular flexibility index (Phi) is 6.49. The molecule has 1 aromatic heterocycles. The first kappa shape index (κ1) is 20.1. The van der Waals surface area contributed by atoms with Crippen molar-refractivity contribution in [2.45, 2.75) is 20.4 Å². The van der Waals surface area contributed by atoms with Gasteiger partial charge in [0.15, 0.2) is 5.76 Å². The Labute approximate surface area is 169 Å². The smallest absolute Gasteiger partial charge is 0.254 e. The third-order valence-electron chi connectivity index (χ3n) is 4.51. The average molecular weight is 399 g/mol. The summed E-state index contributed by atoms with van der Waals surface area (Å²) in [6, 6.07) is 14.9. The molecule has 0 N–H and O–H groups in total. The van der Waals surface area contributed by atoms with Gasteiger partial charge in [-0.05, 0) is 49.7 Å². The van der Waals surface area contributed by atoms with Gasteiger partial charge in [-0.3, -0.25) is 4.79 Å². The van der Waals surface area contributed by atoms with Gasteiger partial charge in [0.1, 0.15) is 5.69 Å². The molecular formula is C22H23ClN2O3. The molecule has 0 fully saturated rings. The van der Waals surface area contributed by atoms with Gasteiger partial charge in [0, 0.05) is 35.9 Å². The second-order valence-electron chi connectivity index (χ2n) is 6.73. The molecule has 1 amide bonds. The van der Waals surface area contributed by atoms with E-state index in [9.17, 15) is 4.79 Å². The molecule has 146 valence electrons. The fourth-order valence-electron chi connectivity index (χ4n) is 2.94. The highest BCUT2D eigenvalue weighted by Gasteiger charge is 2.19. The van der Waals surface area contributed by atoms with Crippen LogP contribution in [0.1, 0.15) is 27.2 Å².